The first-order chi connectivity index (χ1) is 10.1. The maximum absolute atomic E-state index is 4.42. The minimum atomic E-state index is 0.858. The Labute approximate surface area is 124 Å². The van der Waals surface area contributed by atoms with E-state index < -0.39 is 0 Å². The van der Waals surface area contributed by atoms with E-state index in [1.807, 2.05) is 0 Å². The number of nitrogens with zero attached hydrogens (tertiary/aromatic N) is 2. The molecule has 2 aromatic heterocycles. The molecule has 2 N–H and O–H groups in total. The zero-order valence-electron chi connectivity index (χ0n) is 12.9. The van der Waals surface area contributed by atoms with Crippen molar-refractivity contribution < 1.29 is 0 Å². The van der Waals surface area contributed by atoms with E-state index in [2.05, 4.69) is 66.2 Å². The quantitative estimate of drug-likeness (QED) is 0.756. The molecule has 3 rings (SSSR count). The molecule has 0 spiro atoms. The monoisotopic (exact) mass is 280 g/mol. The Morgan fingerprint density at radius 3 is 2.62 bits per heavy atom. The maximum atomic E-state index is 4.42. The summed E-state index contributed by atoms with van der Waals surface area (Å²) in [6.45, 7) is 8.49. The molecular formula is C17H20N4. The van der Waals surface area contributed by atoms with Gasteiger partial charge in [0.2, 0.25) is 0 Å². The van der Waals surface area contributed by atoms with Crippen molar-refractivity contribution in [3.05, 3.63) is 46.9 Å². The lowest BCUT2D eigenvalue weighted by Gasteiger charge is -2.09. The van der Waals surface area contributed by atoms with Crippen molar-refractivity contribution in [2.75, 3.05) is 5.32 Å². The van der Waals surface area contributed by atoms with Gasteiger partial charge in [0.1, 0.15) is 17.8 Å². The second-order valence-corrected chi connectivity index (χ2v) is 5.45. The molecule has 0 aliphatic rings. The van der Waals surface area contributed by atoms with Gasteiger partial charge in [-0.3, -0.25) is 0 Å². The molecule has 0 aliphatic carbocycles. The largest absolute Gasteiger partial charge is 0.343 e. The maximum Gasteiger partial charge on any atom is 0.143 e. The van der Waals surface area contributed by atoms with Gasteiger partial charge in [0.15, 0.2) is 0 Å². The van der Waals surface area contributed by atoms with Crippen LogP contribution in [-0.2, 0) is 6.42 Å². The first-order valence-electron chi connectivity index (χ1n) is 7.26. The lowest BCUT2D eigenvalue weighted by atomic mass is 10.1. The molecule has 0 atom stereocenters. The lowest BCUT2D eigenvalue weighted by Crippen LogP contribution is -1.96. The number of aromatic amines is 1. The molecule has 0 unspecified atom stereocenters. The second kappa shape index (κ2) is 5.20. The van der Waals surface area contributed by atoms with E-state index >= 15 is 0 Å². The van der Waals surface area contributed by atoms with Crippen molar-refractivity contribution in [1.82, 2.24) is 15.0 Å². The third-order valence-corrected chi connectivity index (χ3v) is 4.07. The molecule has 0 saturated heterocycles. The van der Waals surface area contributed by atoms with Crippen molar-refractivity contribution in [2.45, 2.75) is 34.1 Å². The van der Waals surface area contributed by atoms with Gasteiger partial charge in [0, 0.05) is 11.4 Å². The second-order valence-electron chi connectivity index (χ2n) is 5.45. The number of aromatic nitrogens is 3. The van der Waals surface area contributed by atoms with Crippen molar-refractivity contribution in [1.29, 1.82) is 0 Å². The number of H-pyrrole nitrogens is 1. The number of anilines is 2. The predicted octanol–water partition coefficient (Wildman–Crippen LogP) is 4.19. The summed E-state index contributed by atoms with van der Waals surface area (Å²) in [5.41, 5.74) is 6.94. The minimum Gasteiger partial charge on any atom is -0.343 e. The molecule has 2 heterocycles. The number of fused-ring (bicyclic) bond motifs is 1. The van der Waals surface area contributed by atoms with E-state index in [4.69, 9.17) is 0 Å². The molecular weight excluding hydrogens is 260 g/mol. The Morgan fingerprint density at radius 1 is 1.10 bits per heavy atom. The third-order valence-electron chi connectivity index (χ3n) is 4.07. The Kier molecular flexibility index (Phi) is 3.37. The number of hydrogen-bond acceptors (Lipinski definition) is 3. The summed E-state index contributed by atoms with van der Waals surface area (Å²) >= 11 is 0. The van der Waals surface area contributed by atoms with Crippen LogP contribution in [0.25, 0.3) is 11.0 Å². The van der Waals surface area contributed by atoms with Gasteiger partial charge in [-0.05, 0) is 56.0 Å². The summed E-state index contributed by atoms with van der Waals surface area (Å²) < 4.78 is 0. The fourth-order valence-corrected chi connectivity index (χ4v) is 2.63. The topological polar surface area (TPSA) is 53.6 Å². The summed E-state index contributed by atoms with van der Waals surface area (Å²) in [5.74, 6) is 0.858. The van der Waals surface area contributed by atoms with Crippen LogP contribution in [0.15, 0.2) is 24.5 Å². The van der Waals surface area contributed by atoms with Gasteiger partial charge in [-0.2, -0.15) is 0 Å². The van der Waals surface area contributed by atoms with Crippen LogP contribution in [0.1, 0.15) is 29.3 Å². The van der Waals surface area contributed by atoms with Gasteiger partial charge < -0.3 is 10.3 Å². The van der Waals surface area contributed by atoms with Crippen molar-refractivity contribution in [3.8, 4) is 0 Å². The van der Waals surface area contributed by atoms with Crippen LogP contribution in [-0.4, -0.2) is 15.0 Å². The Bertz CT molecular complexity index is 802. The highest BCUT2D eigenvalue weighted by molar-refractivity contribution is 5.92. The van der Waals surface area contributed by atoms with Crippen LogP contribution in [0.2, 0.25) is 0 Å². The molecule has 21 heavy (non-hydrogen) atoms. The van der Waals surface area contributed by atoms with E-state index in [0.717, 1.165) is 29.0 Å². The fourth-order valence-electron chi connectivity index (χ4n) is 2.63. The molecule has 0 saturated carbocycles. The highest BCUT2D eigenvalue weighted by Gasteiger charge is 2.12. The molecule has 0 aliphatic heterocycles. The number of rotatable bonds is 3. The average Bonchev–Trinajstić information content (AvgIpc) is 2.80. The first-order valence-corrected chi connectivity index (χ1v) is 7.26. The summed E-state index contributed by atoms with van der Waals surface area (Å²) in [4.78, 5) is 12.1. The normalized spacial score (nSPS) is 11.0. The number of benzene rings is 1. The molecule has 0 radical (unpaired) electrons. The molecule has 0 fully saturated rings. The minimum absolute atomic E-state index is 0.858. The van der Waals surface area contributed by atoms with Gasteiger partial charge in [0.25, 0.3) is 0 Å². The first kappa shape index (κ1) is 13.6. The molecule has 4 heteroatoms. The van der Waals surface area contributed by atoms with Crippen LogP contribution >= 0.6 is 0 Å². The van der Waals surface area contributed by atoms with Crippen LogP contribution in [0.5, 0.6) is 0 Å². The highest BCUT2D eigenvalue weighted by atomic mass is 15.0. The van der Waals surface area contributed by atoms with E-state index in [9.17, 15) is 0 Å². The van der Waals surface area contributed by atoms with Gasteiger partial charge in [0.05, 0.1) is 5.39 Å². The van der Waals surface area contributed by atoms with E-state index in [-0.39, 0.29) is 0 Å². The zero-order chi connectivity index (χ0) is 15.0. The van der Waals surface area contributed by atoms with Crippen molar-refractivity contribution in [2.24, 2.45) is 0 Å². The third kappa shape index (κ3) is 2.37. The van der Waals surface area contributed by atoms with Gasteiger partial charge >= 0.3 is 0 Å². The number of nitrogens with one attached hydrogen (secondary N) is 2. The molecule has 1 aromatic carbocycles. The standard InChI is InChI=1S/C17H20N4/c1-5-14-12(4)15-16(18-9-19-17(15)21-14)20-13-7-6-10(2)11(3)8-13/h6-9H,5H2,1-4H3,(H2,18,19,20,21). The Morgan fingerprint density at radius 2 is 1.90 bits per heavy atom. The van der Waals surface area contributed by atoms with E-state index in [1.165, 1.54) is 22.4 Å². The smallest absolute Gasteiger partial charge is 0.143 e. The summed E-state index contributed by atoms with van der Waals surface area (Å²) in [6.07, 6.45) is 2.56. The van der Waals surface area contributed by atoms with Gasteiger partial charge in [-0.1, -0.05) is 13.0 Å². The van der Waals surface area contributed by atoms with Crippen molar-refractivity contribution in [3.63, 3.8) is 0 Å². The van der Waals surface area contributed by atoms with Crippen LogP contribution < -0.4 is 5.32 Å². The van der Waals surface area contributed by atoms with Crippen LogP contribution in [0, 0.1) is 20.8 Å². The Hall–Kier alpha value is -2.36. The average molecular weight is 280 g/mol. The number of aryl methyl sites for hydroxylation is 4. The Balaban J connectivity index is 2.07. The zero-order valence-corrected chi connectivity index (χ0v) is 12.9. The number of hydrogen-bond donors (Lipinski definition) is 2. The van der Waals surface area contributed by atoms with Crippen LogP contribution in [0.4, 0.5) is 11.5 Å². The predicted molar refractivity (Wildman–Crippen MR) is 87.2 cm³/mol. The summed E-state index contributed by atoms with van der Waals surface area (Å²) in [5, 5.41) is 4.50. The van der Waals surface area contributed by atoms with E-state index in [1.54, 1.807) is 6.33 Å². The van der Waals surface area contributed by atoms with Gasteiger partial charge in [-0.25, -0.2) is 9.97 Å². The lowest BCUT2D eigenvalue weighted by molar-refractivity contribution is 1.05. The van der Waals surface area contributed by atoms with Crippen LogP contribution in [0.3, 0.4) is 0 Å². The molecule has 108 valence electrons. The molecule has 0 amide bonds. The van der Waals surface area contributed by atoms with Gasteiger partial charge in [-0.15, -0.1) is 0 Å². The van der Waals surface area contributed by atoms with Crippen molar-refractivity contribution >= 4 is 22.5 Å². The fraction of sp³-hybridized carbons (Fsp3) is 0.294. The SMILES string of the molecule is CCc1[nH]c2ncnc(Nc3ccc(C)c(C)c3)c2c1C. The van der Waals surface area contributed by atoms with E-state index in [0.29, 0.717) is 0 Å². The molecule has 4 nitrogen and oxygen atoms in total. The highest BCUT2D eigenvalue weighted by Crippen LogP contribution is 2.28. The molecule has 0 bridgehead atoms. The summed E-state index contributed by atoms with van der Waals surface area (Å²) in [7, 11) is 0. The molecule has 3 aromatic rings. The summed E-state index contributed by atoms with van der Waals surface area (Å²) in [6, 6.07) is 6.35.